The number of hydrogen-bond donors (Lipinski definition) is 2. The molecule has 0 fully saturated rings. The van der Waals surface area contributed by atoms with Crippen molar-refractivity contribution in [1.82, 2.24) is 5.32 Å². The maximum Gasteiger partial charge on any atom is 0.326 e. The number of benzene rings is 1. The predicted molar refractivity (Wildman–Crippen MR) is 79.9 cm³/mol. The number of thiophene rings is 1. The smallest absolute Gasteiger partial charge is 0.326 e. The molecule has 0 bridgehead atoms. The second kappa shape index (κ2) is 6.05. The first kappa shape index (κ1) is 14.5. The Hall–Kier alpha value is -1.88. The van der Waals surface area contributed by atoms with Crippen LogP contribution in [0.15, 0.2) is 29.6 Å². The molecule has 0 radical (unpaired) electrons. The van der Waals surface area contributed by atoms with Crippen molar-refractivity contribution in [2.24, 2.45) is 5.92 Å². The Morgan fingerprint density at radius 2 is 2.00 bits per heavy atom. The van der Waals surface area contributed by atoms with Crippen molar-refractivity contribution in [2.45, 2.75) is 26.3 Å². The first-order valence-corrected chi connectivity index (χ1v) is 7.34. The third-order valence-corrected chi connectivity index (χ3v) is 4.17. The van der Waals surface area contributed by atoms with Crippen molar-refractivity contribution in [3.63, 3.8) is 0 Å². The Kier molecular flexibility index (Phi) is 4.39. The van der Waals surface area contributed by atoms with Crippen molar-refractivity contribution in [1.29, 1.82) is 0 Å². The summed E-state index contributed by atoms with van der Waals surface area (Å²) < 4.78 is 1.13. The minimum absolute atomic E-state index is 0.143. The van der Waals surface area contributed by atoms with Gasteiger partial charge in [-0.1, -0.05) is 32.0 Å². The molecule has 1 atom stereocenters. The van der Waals surface area contributed by atoms with Gasteiger partial charge in [0.1, 0.15) is 6.04 Å². The molecule has 1 aromatic carbocycles. The zero-order chi connectivity index (χ0) is 14.7. The highest BCUT2D eigenvalue weighted by molar-refractivity contribution is 7.17. The van der Waals surface area contributed by atoms with Gasteiger partial charge in [0.2, 0.25) is 5.91 Å². The summed E-state index contributed by atoms with van der Waals surface area (Å²) in [6, 6.07) is 7.04. The molecule has 0 spiro atoms. The molecule has 1 amide bonds. The van der Waals surface area contributed by atoms with Crippen LogP contribution in [0.2, 0.25) is 0 Å². The lowest BCUT2D eigenvalue weighted by atomic mass is 10.0. The highest BCUT2D eigenvalue weighted by Crippen LogP contribution is 2.25. The number of amides is 1. The van der Waals surface area contributed by atoms with Gasteiger partial charge in [-0.25, -0.2) is 4.79 Å². The number of carbonyl (C=O) groups excluding carboxylic acids is 1. The lowest BCUT2D eigenvalue weighted by molar-refractivity contribution is -0.143. The van der Waals surface area contributed by atoms with Gasteiger partial charge in [0, 0.05) is 4.70 Å². The number of carbonyl (C=O) groups is 2. The number of nitrogens with one attached hydrogen (secondary N) is 1. The number of carboxylic acid groups (broad SMARTS) is 1. The molecule has 1 heterocycles. The van der Waals surface area contributed by atoms with Crippen molar-refractivity contribution in [3.8, 4) is 0 Å². The minimum atomic E-state index is -0.997. The normalized spacial score (nSPS) is 12.6. The number of fused-ring (bicyclic) bond motifs is 1. The van der Waals surface area contributed by atoms with Crippen LogP contribution in [0.1, 0.15) is 19.4 Å². The molecule has 2 N–H and O–H groups in total. The maximum absolute atomic E-state index is 12.0. The molecule has 0 saturated carbocycles. The molecule has 2 aromatic rings. The average Bonchev–Trinajstić information content (AvgIpc) is 2.79. The lowest BCUT2D eigenvalue weighted by Crippen LogP contribution is -2.44. The van der Waals surface area contributed by atoms with Gasteiger partial charge in [0.05, 0.1) is 6.42 Å². The van der Waals surface area contributed by atoms with Gasteiger partial charge in [-0.3, -0.25) is 4.79 Å². The van der Waals surface area contributed by atoms with Gasteiger partial charge in [-0.05, 0) is 28.3 Å². The molecule has 0 saturated heterocycles. The number of aliphatic carboxylic acids is 1. The zero-order valence-corrected chi connectivity index (χ0v) is 12.2. The second-order valence-electron chi connectivity index (χ2n) is 5.06. The number of hydrogen-bond acceptors (Lipinski definition) is 3. The van der Waals surface area contributed by atoms with Crippen molar-refractivity contribution in [3.05, 3.63) is 35.2 Å². The van der Waals surface area contributed by atoms with E-state index < -0.39 is 12.0 Å². The van der Waals surface area contributed by atoms with E-state index in [0.717, 1.165) is 15.6 Å². The Labute approximate surface area is 121 Å². The Morgan fingerprint density at radius 1 is 1.30 bits per heavy atom. The van der Waals surface area contributed by atoms with Gasteiger partial charge in [-0.15, -0.1) is 11.3 Å². The largest absolute Gasteiger partial charge is 0.480 e. The summed E-state index contributed by atoms with van der Waals surface area (Å²) >= 11 is 1.59. The standard InChI is InChI=1S/C15H17NO3S/c1-9(2)14(15(18)19)16-13(17)7-10-8-20-12-6-4-3-5-11(10)12/h3-6,8-9,14H,7H2,1-2H3,(H,16,17)(H,18,19)/t14-/m1/s1. The molecule has 0 aliphatic heterocycles. The van der Waals surface area contributed by atoms with Crippen molar-refractivity contribution in [2.75, 3.05) is 0 Å². The third kappa shape index (κ3) is 3.17. The summed E-state index contributed by atoms with van der Waals surface area (Å²) in [7, 11) is 0. The predicted octanol–water partition coefficient (Wildman–Crippen LogP) is 2.67. The van der Waals surface area contributed by atoms with E-state index in [4.69, 9.17) is 5.11 Å². The third-order valence-electron chi connectivity index (χ3n) is 3.16. The second-order valence-corrected chi connectivity index (χ2v) is 5.97. The van der Waals surface area contributed by atoms with Gasteiger partial charge in [0.15, 0.2) is 0 Å². The Morgan fingerprint density at radius 3 is 2.65 bits per heavy atom. The topological polar surface area (TPSA) is 66.4 Å². The summed E-state index contributed by atoms with van der Waals surface area (Å²) in [5.74, 6) is -1.39. The summed E-state index contributed by atoms with van der Waals surface area (Å²) in [6.45, 7) is 3.55. The highest BCUT2D eigenvalue weighted by Gasteiger charge is 2.23. The average molecular weight is 291 g/mol. The van der Waals surface area contributed by atoms with E-state index in [-0.39, 0.29) is 18.2 Å². The van der Waals surface area contributed by atoms with Crippen LogP contribution in [0.4, 0.5) is 0 Å². The summed E-state index contributed by atoms with van der Waals surface area (Å²) in [5.41, 5.74) is 0.941. The Bertz CT molecular complexity index is 633. The van der Waals surface area contributed by atoms with Gasteiger partial charge < -0.3 is 10.4 Å². The van der Waals surface area contributed by atoms with Gasteiger partial charge in [-0.2, -0.15) is 0 Å². The van der Waals surface area contributed by atoms with E-state index in [2.05, 4.69) is 5.32 Å². The van der Waals surface area contributed by atoms with Crippen LogP contribution in [0.5, 0.6) is 0 Å². The van der Waals surface area contributed by atoms with Crippen LogP contribution < -0.4 is 5.32 Å². The monoisotopic (exact) mass is 291 g/mol. The van der Waals surface area contributed by atoms with E-state index >= 15 is 0 Å². The Balaban J connectivity index is 2.10. The molecule has 20 heavy (non-hydrogen) atoms. The molecule has 5 heteroatoms. The van der Waals surface area contributed by atoms with Crippen molar-refractivity contribution < 1.29 is 14.7 Å². The van der Waals surface area contributed by atoms with Crippen molar-refractivity contribution >= 4 is 33.3 Å². The van der Waals surface area contributed by atoms with Crippen LogP contribution >= 0.6 is 11.3 Å². The minimum Gasteiger partial charge on any atom is -0.480 e. The molecule has 0 aliphatic rings. The molecule has 4 nitrogen and oxygen atoms in total. The van der Waals surface area contributed by atoms with Gasteiger partial charge >= 0.3 is 5.97 Å². The number of rotatable bonds is 5. The molecule has 0 unspecified atom stereocenters. The lowest BCUT2D eigenvalue weighted by Gasteiger charge is -2.17. The quantitative estimate of drug-likeness (QED) is 0.890. The molecular formula is C15H17NO3S. The van der Waals surface area contributed by atoms with E-state index in [1.54, 1.807) is 25.2 Å². The first-order chi connectivity index (χ1) is 9.49. The van der Waals surface area contributed by atoms with Crippen LogP contribution in [0.25, 0.3) is 10.1 Å². The zero-order valence-electron chi connectivity index (χ0n) is 11.4. The van der Waals surface area contributed by atoms with E-state index in [1.165, 1.54) is 0 Å². The van der Waals surface area contributed by atoms with Crippen LogP contribution in [-0.2, 0) is 16.0 Å². The molecule has 106 valence electrons. The SMILES string of the molecule is CC(C)[C@@H](NC(=O)Cc1csc2ccccc12)C(=O)O. The van der Waals surface area contributed by atoms with E-state index in [9.17, 15) is 9.59 Å². The summed E-state index contributed by atoms with van der Waals surface area (Å²) in [5, 5.41) is 14.7. The van der Waals surface area contributed by atoms with E-state index in [0.29, 0.717) is 0 Å². The van der Waals surface area contributed by atoms with Crippen LogP contribution in [0.3, 0.4) is 0 Å². The number of carboxylic acids is 1. The summed E-state index contributed by atoms with van der Waals surface area (Å²) in [6.07, 6.45) is 0.209. The molecular weight excluding hydrogens is 274 g/mol. The molecule has 2 rings (SSSR count). The fourth-order valence-corrected chi connectivity index (χ4v) is 3.04. The maximum atomic E-state index is 12.0. The highest BCUT2D eigenvalue weighted by atomic mass is 32.1. The van der Waals surface area contributed by atoms with Crippen LogP contribution in [0, 0.1) is 5.92 Å². The van der Waals surface area contributed by atoms with Crippen LogP contribution in [-0.4, -0.2) is 23.0 Å². The fraction of sp³-hybridized carbons (Fsp3) is 0.333. The fourth-order valence-electron chi connectivity index (χ4n) is 2.08. The summed E-state index contributed by atoms with van der Waals surface area (Å²) in [4.78, 5) is 23.1. The molecule has 0 aliphatic carbocycles. The molecule has 1 aromatic heterocycles. The first-order valence-electron chi connectivity index (χ1n) is 6.46. The van der Waals surface area contributed by atoms with E-state index in [1.807, 2.05) is 29.6 Å². The van der Waals surface area contributed by atoms with Gasteiger partial charge in [0.25, 0.3) is 0 Å².